The molecule has 22 heavy (non-hydrogen) atoms. The lowest BCUT2D eigenvalue weighted by Gasteiger charge is -2.30. The van der Waals surface area contributed by atoms with Crippen molar-refractivity contribution in [2.24, 2.45) is 5.73 Å². The van der Waals surface area contributed by atoms with E-state index in [2.05, 4.69) is 10.6 Å². The predicted octanol–water partition coefficient (Wildman–Crippen LogP) is 2.68. The fraction of sp³-hybridized carbons (Fsp3) is 0.533. The molecule has 124 valence electrons. The summed E-state index contributed by atoms with van der Waals surface area (Å²) in [5, 5.41) is 7.06. The van der Waals surface area contributed by atoms with Gasteiger partial charge >= 0.3 is 0 Å². The van der Waals surface area contributed by atoms with Crippen LogP contribution in [0.3, 0.4) is 0 Å². The van der Waals surface area contributed by atoms with Gasteiger partial charge in [-0.2, -0.15) is 0 Å². The third kappa shape index (κ3) is 4.90. The molecule has 2 atom stereocenters. The van der Waals surface area contributed by atoms with Crippen LogP contribution in [0.15, 0.2) is 18.2 Å². The van der Waals surface area contributed by atoms with E-state index < -0.39 is 0 Å². The van der Waals surface area contributed by atoms with E-state index in [1.165, 1.54) is 12.8 Å². The summed E-state index contributed by atoms with van der Waals surface area (Å²) in [6.45, 7) is 0. The maximum absolute atomic E-state index is 6.12. The number of hydrogen-bond donors (Lipinski definition) is 3. The quantitative estimate of drug-likeness (QED) is 0.729. The summed E-state index contributed by atoms with van der Waals surface area (Å²) in [5.41, 5.74) is 6.97. The Bertz CT molecular complexity index is 502. The molecule has 0 saturated heterocycles. The van der Waals surface area contributed by atoms with E-state index in [0.29, 0.717) is 16.6 Å². The Labute approximate surface area is 143 Å². The predicted molar refractivity (Wildman–Crippen MR) is 96.4 cm³/mol. The SMILES string of the molecule is COc1ccc(NC(=S)N[C@@H]2CCCC[C@H]2N)cc1OC.Cl. The fourth-order valence-electron chi connectivity index (χ4n) is 2.59. The summed E-state index contributed by atoms with van der Waals surface area (Å²) >= 11 is 5.36. The van der Waals surface area contributed by atoms with Gasteiger partial charge in [0.25, 0.3) is 0 Å². The lowest BCUT2D eigenvalue weighted by molar-refractivity contribution is 0.355. The van der Waals surface area contributed by atoms with Crippen LogP contribution < -0.4 is 25.8 Å². The van der Waals surface area contributed by atoms with Gasteiger partial charge in [0.15, 0.2) is 16.6 Å². The van der Waals surface area contributed by atoms with Crippen LogP contribution in [0, 0.1) is 0 Å². The van der Waals surface area contributed by atoms with E-state index in [4.69, 9.17) is 27.4 Å². The average molecular weight is 346 g/mol. The summed E-state index contributed by atoms with van der Waals surface area (Å²) in [4.78, 5) is 0. The van der Waals surface area contributed by atoms with Gasteiger partial charge in [0.1, 0.15) is 0 Å². The van der Waals surface area contributed by atoms with Gasteiger partial charge in [0.2, 0.25) is 0 Å². The second-order valence-corrected chi connectivity index (χ2v) is 5.63. The van der Waals surface area contributed by atoms with Crippen molar-refractivity contribution in [3.63, 3.8) is 0 Å². The fourth-order valence-corrected chi connectivity index (χ4v) is 2.86. The Morgan fingerprint density at radius 3 is 2.50 bits per heavy atom. The smallest absolute Gasteiger partial charge is 0.171 e. The molecule has 1 aliphatic rings. The third-order valence-electron chi connectivity index (χ3n) is 3.78. The second kappa shape index (κ2) is 9.02. The van der Waals surface area contributed by atoms with E-state index in [-0.39, 0.29) is 24.5 Å². The molecule has 0 aromatic heterocycles. The topological polar surface area (TPSA) is 68.5 Å². The number of nitrogens with two attached hydrogens (primary N) is 1. The van der Waals surface area contributed by atoms with Crippen LogP contribution in [-0.2, 0) is 0 Å². The van der Waals surface area contributed by atoms with Crippen molar-refractivity contribution in [3.8, 4) is 11.5 Å². The monoisotopic (exact) mass is 345 g/mol. The van der Waals surface area contributed by atoms with Crippen molar-refractivity contribution in [1.82, 2.24) is 5.32 Å². The van der Waals surface area contributed by atoms with Crippen molar-refractivity contribution in [1.29, 1.82) is 0 Å². The van der Waals surface area contributed by atoms with Crippen molar-refractivity contribution in [2.75, 3.05) is 19.5 Å². The first-order chi connectivity index (χ1) is 10.1. The van der Waals surface area contributed by atoms with Crippen LogP contribution in [0.2, 0.25) is 0 Å². The Kier molecular flexibility index (Phi) is 7.72. The average Bonchev–Trinajstić information content (AvgIpc) is 2.49. The van der Waals surface area contributed by atoms with Crippen LogP contribution in [0.1, 0.15) is 25.7 Å². The number of benzene rings is 1. The highest BCUT2D eigenvalue weighted by Gasteiger charge is 2.22. The molecule has 0 unspecified atom stereocenters. The first kappa shape index (κ1) is 18.8. The number of anilines is 1. The molecule has 0 amide bonds. The Hall–Kier alpha value is -1.24. The largest absolute Gasteiger partial charge is 0.493 e. The van der Waals surface area contributed by atoms with Crippen LogP contribution >= 0.6 is 24.6 Å². The van der Waals surface area contributed by atoms with E-state index in [1.54, 1.807) is 14.2 Å². The molecule has 2 rings (SSSR count). The third-order valence-corrected chi connectivity index (χ3v) is 4.00. The molecule has 5 nitrogen and oxygen atoms in total. The number of halogens is 1. The molecule has 0 heterocycles. The van der Waals surface area contributed by atoms with Crippen molar-refractivity contribution in [2.45, 2.75) is 37.8 Å². The normalized spacial score (nSPS) is 20.5. The van der Waals surface area contributed by atoms with Gasteiger partial charge in [-0.1, -0.05) is 12.8 Å². The molecule has 1 saturated carbocycles. The number of hydrogen-bond acceptors (Lipinski definition) is 4. The molecule has 0 radical (unpaired) electrons. The maximum Gasteiger partial charge on any atom is 0.171 e. The molecule has 0 bridgehead atoms. The number of methoxy groups -OCH3 is 2. The van der Waals surface area contributed by atoms with E-state index in [0.717, 1.165) is 18.5 Å². The minimum atomic E-state index is 0. The molecule has 0 spiro atoms. The van der Waals surface area contributed by atoms with Crippen LogP contribution in [-0.4, -0.2) is 31.4 Å². The molecule has 1 aromatic rings. The standard InChI is InChI=1S/C15H23N3O2S.ClH/c1-19-13-8-7-10(9-14(13)20-2)17-15(21)18-12-6-4-3-5-11(12)16;/h7-9,11-12H,3-6,16H2,1-2H3,(H2,17,18,21);1H/t11-,12-;/m1./s1. The lowest BCUT2D eigenvalue weighted by Crippen LogP contribution is -2.50. The van der Waals surface area contributed by atoms with Crippen LogP contribution in [0.5, 0.6) is 11.5 Å². The highest BCUT2D eigenvalue weighted by molar-refractivity contribution is 7.80. The second-order valence-electron chi connectivity index (χ2n) is 5.22. The zero-order valence-electron chi connectivity index (χ0n) is 12.9. The summed E-state index contributed by atoms with van der Waals surface area (Å²) in [5.74, 6) is 1.36. The highest BCUT2D eigenvalue weighted by atomic mass is 35.5. The summed E-state index contributed by atoms with van der Waals surface area (Å²) in [6.07, 6.45) is 4.52. The zero-order valence-corrected chi connectivity index (χ0v) is 14.6. The van der Waals surface area contributed by atoms with Crippen LogP contribution in [0.4, 0.5) is 5.69 Å². The highest BCUT2D eigenvalue weighted by Crippen LogP contribution is 2.29. The van der Waals surface area contributed by atoms with E-state index in [9.17, 15) is 0 Å². The minimum Gasteiger partial charge on any atom is -0.493 e. The number of ether oxygens (including phenoxy) is 2. The number of thiocarbonyl (C=S) groups is 1. The minimum absolute atomic E-state index is 0. The molecule has 0 aliphatic heterocycles. The molecular weight excluding hydrogens is 322 g/mol. The number of rotatable bonds is 4. The Balaban J connectivity index is 0.00000242. The van der Waals surface area contributed by atoms with Crippen molar-refractivity contribution < 1.29 is 9.47 Å². The van der Waals surface area contributed by atoms with Gasteiger partial charge in [0, 0.05) is 23.8 Å². The number of nitrogens with one attached hydrogen (secondary N) is 2. The Morgan fingerprint density at radius 1 is 1.18 bits per heavy atom. The molecule has 1 fully saturated rings. The summed E-state index contributed by atoms with van der Waals surface area (Å²) < 4.78 is 10.5. The molecular formula is C15H24ClN3O2S. The first-order valence-electron chi connectivity index (χ1n) is 7.19. The van der Waals surface area contributed by atoms with Gasteiger partial charge in [-0.3, -0.25) is 0 Å². The Morgan fingerprint density at radius 2 is 1.86 bits per heavy atom. The van der Waals surface area contributed by atoms with Crippen molar-refractivity contribution >= 4 is 35.4 Å². The summed E-state index contributed by atoms with van der Waals surface area (Å²) in [7, 11) is 3.22. The molecule has 7 heteroatoms. The lowest BCUT2D eigenvalue weighted by atomic mass is 9.91. The van der Waals surface area contributed by atoms with Gasteiger partial charge in [0.05, 0.1) is 14.2 Å². The van der Waals surface area contributed by atoms with E-state index in [1.807, 2.05) is 18.2 Å². The molecule has 4 N–H and O–H groups in total. The van der Waals surface area contributed by atoms with Gasteiger partial charge in [-0.25, -0.2) is 0 Å². The molecule has 1 aromatic carbocycles. The van der Waals surface area contributed by atoms with Crippen molar-refractivity contribution in [3.05, 3.63) is 18.2 Å². The maximum atomic E-state index is 6.12. The van der Waals surface area contributed by atoms with Crippen LogP contribution in [0.25, 0.3) is 0 Å². The summed E-state index contributed by atoms with van der Waals surface area (Å²) in [6, 6.07) is 6.02. The van der Waals surface area contributed by atoms with E-state index >= 15 is 0 Å². The van der Waals surface area contributed by atoms with Gasteiger partial charge in [-0.05, 0) is 37.2 Å². The first-order valence-corrected chi connectivity index (χ1v) is 7.60. The zero-order chi connectivity index (χ0) is 15.2. The molecule has 1 aliphatic carbocycles. The van der Waals surface area contributed by atoms with Gasteiger partial charge < -0.3 is 25.8 Å². The van der Waals surface area contributed by atoms with Gasteiger partial charge in [-0.15, -0.1) is 12.4 Å².